The van der Waals surface area contributed by atoms with Crippen LogP contribution >= 0.6 is 0 Å². The Morgan fingerprint density at radius 2 is 1.47 bits per heavy atom. The Hall–Kier alpha value is -3.83. The molecule has 1 aromatic heterocycles. The highest BCUT2D eigenvalue weighted by atomic mass is 16.5. The Balaban J connectivity index is 1.47. The minimum atomic E-state index is -0.153. The summed E-state index contributed by atoms with van der Waals surface area (Å²) < 4.78 is 7.34. The first-order chi connectivity index (χ1) is 15.7. The average molecular weight is 427 g/mol. The fourth-order valence-electron chi connectivity index (χ4n) is 3.55. The van der Waals surface area contributed by atoms with Crippen LogP contribution in [-0.4, -0.2) is 22.8 Å². The second-order valence-corrected chi connectivity index (χ2v) is 7.49. The molecule has 0 aliphatic rings. The largest absolute Gasteiger partial charge is 0.489 e. The van der Waals surface area contributed by atoms with Crippen molar-refractivity contribution < 1.29 is 9.84 Å². The first-order valence-corrected chi connectivity index (χ1v) is 10.6. The predicted molar refractivity (Wildman–Crippen MR) is 127 cm³/mol. The van der Waals surface area contributed by atoms with E-state index in [2.05, 4.69) is 17.0 Å². The summed E-state index contributed by atoms with van der Waals surface area (Å²) in [6.07, 6.45) is 1.73. The van der Waals surface area contributed by atoms with Crippen molar-refractivity contribution in [2.45, 2.75) is 13.2 Å². The molecule has 0 fully saturated rings. The number of rotatable bonds is 9. The van der Waals surface area contributed by atoms with Crippen LogP contribution in [-0.2, 0) is 13.2 Å². The predicted octanol–water partition coefficient (Wildman–Crippen LogP) is 4.42. The Bertz CT molecular complexity index is 1170. The normalized spacial score (nSPS) is 10.7. The van der Waals surface area contributed by atoms with Crippen LogP contribution in [0.25, 0.3) is 5.69 Å². The fourth-order valence-corrected chi connectivity index (χ4v) is 3.55. The molecule has 5 nitrogen and oxygen atoms in total. The van der Waals surface area contributed by atoms with Gasteiger partial charge in [-0.2, -0.15) is 0 Å². The van der Waals surface area contributed by atoms with Crippen molar-refractivity contribution >= 4 is 5.69 Å². The van der Waals surface area contributed by atoms with Gasteiger partial charge in [0.1, 0.15) is 12.4 Å². The second kappa shape index (κ2) is 10.5. The highest BCUT2D eigenvalue weighted by molar-refractivity contribution is 5.51. The molecule has 0 saturated heterocycles. The van der Waals surface area contributed by atoms with Gasteiger partial charge in [-0.25, -0.2) is 0 Å². The molecule has 0 aliphatic heterocycles. The van der Waals surface area contributed by atoms with Crippen molar-refractivity contribution in [3.05, 3.63) is 125 Å². The maximum Gasteiger partial charge on any atom is 0.258 e. The van der Waals surface area contributed by atoms with E-state index in [1.807, 2.05) is 72.8 Å². The molecule has 4 aromatic rings. The molecule has 4 rings (SSSR count). The SMILES string of the molecule is O=c1cc(OCc2ccccc2)ccn1-c1ccc(N(CCO)Cc2ccccc2)cc1. The number of aliphatic hydroxyl groups is 1. The minimum Gasteiger partial charge on any atom is -0.489 e. The van der Waals surface area contributed by atoms with E-state index in [0.29, 0.717) is 25.4 Å². The summed E-state index contributed by atoms with van der Waals surface area (Å²) in [5, 5.41) is 9.49. The molecule has 0 spiro atoms. The molecule has 32 heavy (non-hydrogen) atoms. The number of aromatic nitrogens is 1. The Morgan fingerprint density at radius 3 is 2.09 bits per heavy atom. The zero-order chi connectivity index (χ0) is 22.2. The Labute approximate surface area is 187 Å². The van der Waals surface area contributed by atoms with Gasteiger partial charge in [-0.15, -0.1) is 0 Å². The van der Waals surface area contributed by atoms with Crippen LogP contribution in [0.5, 0.6) is 5.75 Å². The fraction of sp³-hybridized carbons (Fsp3) is 0.148. The summed E-state index contributed by atoms with van der Waals surface area (Å²) in [4.78, 5) is 14.8. The third-order valence-electron chi connectivity index (χ3n) is 5.22. The van der Waals surface area contributed by atoms with Gasteiger partial charge in [-0.05, 0) is 41.5 Å². The lowest BCUT2D eigenvalue weighted by Crippen LogP contribution is -2.26. The molecule has 3 aromatic carbocycles. The standard InChI is InChI=1S/C27H26N2O3/c30-18-17-28(20-22-7-3-1-4-8-22)24-11-13-25(14-12-24)29-16-15-26(19-27(29)31)32-21-23-9-5-2-6-10-23/h1-16,19,30H,17-18,20-21H2. The van der Waals surface area contributed by atoms with Gasteiger partial charge in [0.05, 0.1) is 6.61 Å². The van der Waals surface area contributed by atoms with Gasteiger partial charge in [-0.3, -0.25) is 9.36 Å². The summed E-state index contributed by atoms with van der Waals surface area (Å²) >= 11 is 0. The molecule has 0 atom stereocenters. The number of anilines is 1. The smallest absolute Gasteiger partial charge is 0.258 e. The van der Waals surface area contributed by atoms with Crippen molar-refractivity contribution in [2.24, 2.45) is 0 Å². The summed E-state index contributed by atoms with van der Waals surface area (Å²) in [7, 11) is 0. The van der Waals surface area contributed by atoms with Gasteiger partial charge < -0.3 is 14.7 Å². The summed E-state index contributed by atoms with van der Waals surface area (Å²) in [5.74, 6) is 0.545. The Kier molecular flexibility index (Phi) is 7.00. The van der Waals surface area contributed by atoms with Crippen LogP contribution in [0.1, 0.15) is 11.1 Å². The topological polar surface area (TPSA) is 54.7 Å². The van der Waals surface area contributed by atoms with E-state index in [0.717, 1.165) is 16.9 Å². The van der Waals surface area contributed by atoms with E-state index < -0.39 is 0 Å². The van der Waals surface area contributed by atoms with Crippen LogP contribution < -0.4 is 15.2 Å². The maximum absolute atomic E-state index is 12.7. The van der Waals surface area contributed by atoms with Crippen LogP contribution in [0, 0.1) is 0 Å². The van der Waals surface area contributed by atoms with Crippen molar-refractivity contribution in [3.63, 3.8) is 0 Å². The van der Waals surface area contributed by atoms with E-state index in [1.54, 1.807) is 16.8 Å². The number of pyridine rings is 1. The highest BCUT2D eigenvalue weighted by Crippen LogP contribution is 2.20. The van der Waals surface area contributed by atoms with E-state index in [-0.39, 0.29) is 12.2 Å². The zero-order valence-corrected chi connectivity index (χ0v) is 17.8. The molecular weight excluding hydrogens is 400 g/mol. The number of benzene rings is 3. The van der Waals surface area contributed by atoms with E-state index in [1.165, 1.54) is 11.6 Å². The van der Waals surface area contributed by atoms with Crippen LogP contribution in [0.2, 0.25) is 0 Å². The molecule has 5 heteroatoms. The molecule has 162 valence electrons. The third kappa shape index (κ3) is 5.45. The van der Waals surface area contributed by atoms with Crippen molar-refractivity contribution in [2.75, 3.05) is 18.1 Å². The van der Waals surface area contributed by atoms with Gasteiger partial charge in [0.15, 0.2) is 0 Å². The molecule has 0 saturated carbocycles. The minimum absolute atomic E-state index is 0.0679. The van der Waals surface area contributed by atoms with E-state index >= 15 is 0 Å². The first kappa shape index (κ1) is 21.4. The van der Waals surface area contributed by atoms with Gasteiger partial charge in [0.2, 0.25) is 0 Å². The number of hydrogen-bond donors (Lipinski definition) is 1. The third-order valence-corrected chi connectivity index (χ3v) is 5.22. The lowest BCUT2D eigenvalue weighted by Gasteiger charge is -2.24. The summed E-state index contributed by atoms with van der Waals surface area (Å²) in [6.45, 7) is 1.72. The molecule has 0 unspecified atom stereocenters. The lowest BCUT2D eigenvalue weighted by atomic mass is 10.2. The van der Waals surface area contributed by atoms with Gasteiger partial charge in [0.25, 0.3) is 5.56 Å². The number of aliphatic hydroxyl groups excluding tert-OH is 1. The molecule has 0 amide bonds. The molecular formula is C27H26N2O3. The van der Waals surface area contributed by atoms with Gasteiger partial charge >= 0.3 is 0 Å². The zero-order valence-electron chi connectivity index (χ0n) is 17.8. The highest BCUT2D eigenvalue weighted by Gasteiger charge is 2.08. The van der Waals surface area contributed by atoms with E-state index in [9.17, 15) is 9.90 Å². The monoisotopic (exact) mass is 426 g/mol. The lowest BCUT2D eigenvalue weighted by molar-refractivity contribution is 0.301. The number of nitrogens with zero attached hydrogens (tertiary/aromatic N) is 2. The number of hydrogen-bond acceptors (Lipinski definition) is 4. The van der Waals surface area contributed by atoms with Crippen LogP contribution in [0.4, 0.5) is 5.69 Å². The quantitative estimate of drug-likeness (QED) is 0.431. The maximum atomic E-state index is 12.7. The molecule has 1 heterocycles. The van der Waals surface area contributed by atoms with Crippen LogP contribution in [0.3, 0.4) is 0 Å². The van der Waals surface area contributed by atoms with Crippen molar-refractivity contribution in [1.82, 2.24) is 4.57 Å². The Morgan fingerprint density at radius 1 is 0.812 bits per heavy atom. The van der Waals surface area contributed by atoms with Crippen molar-refractivity contribution in [3.8, 4) is 11.4 Å². The van der Waals surface area contributed by atoms with Gasteiger partial charge in [-0.1, -0.05) is 60.7 Å². The molecule has 1 N–H and O–H groups in total. The van der Waals surface area contributed by atoms with Crippen LogP contribution in [0.15, 0.2) is 108 Å². The average Bonchev–Trinajstić information content (AvgIpc) is 2.84. The van der Waals surface area contributed by atoms with Gasteiger partial charge in [0, 0.05) is 36.7 Å². The van der Waals surface area contributed by atoms with Crippen molar-refractivity contribution in [1.29, 1.82) is 0 Å². The number of ether oxygens (including phenoxy) is 1. The van der Waals surface area contributed by atoms with E-state index in [4.69, 9.17) is 4.74 Å². The second-order valence-electron chi connectivity index (χ2n) is 7.49. The first-order valence-electron chi connectivity index (χ1n) is 10.6. The molecule has 0 aliphatic carbocycles. The summed E-state index contributed by atoms with van der Waals surface area (Å²) in [5.41, 5.74) is 3.84. The summed E-state index contributed by atoms with van der Waals surface area (Å²) in [6, 6.07) is 31.1. The molecule has 0 bridgehead atoms. The molecule has 0 radical (unpaired) electrons.